The number of benzene rings is 2. The van der Waals surface area contributed by atoms with Crippen molar-refractivity contribution in [1.82, 2.24) is 14.5 Å². The number of imidazole rings is 1. The Morgan fingerprint density at radius 3 is 1.90 bits per heavy atom. The van der Waals surface area contributed by atoms with Gasteiger partial charge < -0.3 is 41.0 Å². The molecule has 3 aromatic rings. The van der Waals surface area contributed by atoms with Crippen molar-refractivity contribution in [2.45, 2.75) is 69.0 Å². The summed E-state index contributed by atoms with van der Waals surface area (Å²) in [6, 6.07) is 15.3. The van der Waals surface area contributed by atoms with Gasteiger partial charge in [-0.1, -0.05) is 31.5 Å². The Balaban J connectivity index is 0.000000655. The zero-order valence-electron chi connectivity index (χ0n) is 30.9. The molecule has 1 aliphatic heterocycles. The van der Waals surface area contributed by atoms with Crippen molar-refractivity contribution in [3.8, 4) is 17.6 Å². The molecule has 58 heavy (non-hydrogen) atoms. The van der Waals surface area contributed by atoms with Gasteiger partial charge in [0.05, 0.1) is 34.7 Å². The Morgan fingerprint density at radius 2 is 1.47 bits per heavy atom. The summed E-state index contributed by atoms with van der Waals surface area (Å²) >= 11 is 0. The zero-order chi connectivity index (χ0) is 44.9. The first kappa shape index (κ1) is 50.1. The van der Waals surface area contributed by atoms with Gasteiger partial charge in [-0.3, -0.25) is 4.79 Å². The van der Waals surface area contributed by atoms with Gasteiger partial charge in [0.25, 0.3) is 0 Å². The maximum atomic E-state index is 13.7. The number of nitrogens with zero attached hydrogens (tertiary/aromatic N) is 4. The van der Waals surface area contributed by atoms with Crippen LogP contribution in [0.5, 0.6) is 11.5 Å². The van der Waals surface area contributed by atoms with Crippen LogP contribution in [0.15, 0.2) is 55.0 Å². The number of carbonyl (C=O) groups is 4. The molecule has 0 aliphatic carbocycles. The summed E-state index contributed by atoms with van der Waals surface area (Å²) in [5.74, 6) is -7.16. The first-order chi connectivity index (χ1) is 26.6. The van der Waals surface area contributed by atoms with Crippen LogP contribution in [-0.2, 0) is 37.2 Å². The molecule has 0 bridgehead atoms. The molecule has 2 aromatic carbocycles. The molecule has 0 radical (unpaired) electrons. The van der Waals surface area contributed by atoms with Crippen LogP contribution >= 0.6 is 0 Å². The lowest BCUT2D eigenvalue weighted by atomic mass is 9.73. The number of hydrogen-bond acceptors (Lipinski definition) is 9. The number of aliphatic carboxylic acids is 3. The molecule has 1 saturated heterocycles. The van der Waals surface area contributed by atoms with E-state index in [0.29, 0.717) is 36.6 Å². The van der Waals surface area contributed by atoms with Crippen molar-refractivity contribution in [3.63, 3.8) is 0 Å². The smallest absolute Gasteiger partial charge is 0.475 e. The van der Waals surface area contributed by atoms with Crippen molar-refractivity contribution in [3.05, 3.63) is 77.4 Å². The minimum absolute atomic E-state index is 0.130. The number of likely N-dealkylation sites (tertiary alicyclic amines) is 1. The Hall–Kier alpha value is -5.89. The van der Waals surface area contributed by atoms with E-state index in [0.717, 1.165) is 42.6 Å². The summed E-state index contributed by atoms with van der Waals surface area (Å²) < 4.78 is 103. The molecule has 0 saturated carbocycles. The van der Waals surface area contributed by atoms with Gasteiger partial charge in [0.1, 0.15) is 17.6 Å². The summed E-state index contributed by atoms with van der Waals surface area (Å²) in [5.41, 5.74) is 14.0. The second-order valence-corrected chi connectivity index (χ2v) is 12.4. The Kier molecular flexibility index (Phi) is 17.7. The molecule has 1 aliphatic rings. The predicted molar refractivity (Wildman–Crippen MR) is 184 cm³/mol. The minimum Gasteiger partial charge on any atom is -0.475 e. The van der Waals surface area contributed by atoms with E-state index in [4.69, 9.17) is 45.9 Å². The Labute approximate surface area is 324 Å². The van der Waals surface area contributed by atoms with Gasteiger partial charge in [0.2, 0.25) is 5.91 Å². The highest BCUT2D eigenvalue weighted by molar-refractivity contribution is 5.88. The van der Waals surface area contributed by atoms with Gasteiger partial charge in [-0.05, 0) is 61.6 Å². The van der Waals surface area contributed by atoms with Crippen molar-refractivity contribution in [2.24, 2.45) is 18.5 Å². The van der Waals surface area contributed by atoms with Crippen LogP contribution in [0, 0.1) is 11.3 Å². The third kappa shape index (κ3) is 13.9. The number of carboxylic acid groups (broad SMARTS) is 3. The molecule has 320 valence electrons. The van der Waals surface area contributed by atoms with Gasteiger partial charge in [-0.2, -0.15) is 44.8 Å². The fourth-order valence-electron chi connectivity index (χ4n) is 5.42. The quantitative estimate of drug-likeness (QED) is 0.169. The molecule has 7 N–H and O–H groups in total. The summed E-state index contributed by atoms with van der Waals surface area (Å²) in [4.78, 5) is 46.5. The second-order valence-electron chi connectivity index (χ2n) is 12.4. The normalized spacial score (nSPS) is 16.6. The van der Waals surface area contributed by atoms with Crippen LogP contribution < -0.4 is 16.2 Å². The van der Waals surface area contributed by atoms with E-state index in [2.05, 4.69) is 18.0 Å². The number of rotatable bonds is 8. The van der Waals surface area contributed by atoms with E-state index < -0.39 is 47.4 Å². The first-order valence-electron chi connectivity index (χ1n) is 16.6. The van der Waals surface area contributed by atoms with Crippen LogP contribution in [-0.4, -0.2) is 91.7 Å². The molecule has 0 spiro atoms. The number of amides is 1. The number of nitriles is 1. The topological polar surface area (TPSA) is 235 Å². The zero-order valence-corrected chi connectivity index (χ0v) is 30.9. The van der Waals surface area contributed by atoms with Gasteiger partial charge in [-0.25, -0.2) is 19.4 Å². The number of hydrogen-bond donors (Lipinski definition) is 5. The summed E-state index contributed by atoms with van der Waals surface area (Å²) in [5, 5.41) is 31.1. The highest BCUT2D eigenvalue weighted by atomic mass is 19.4. The molecular weight excluding hydrogens is 803 g/mol. The maximum absolute atomic E-state index is 13.7. The van der Waals surface area contributed by atoms with E-state index in [-0.39, 0.29) is 5.91 Å². The molecule has 1 amide bonds. The van der Waals surface area contributed by atoms with Crippen molar-refractivity contribution >= 4 is 23.8 Å². The van der Waals surface area contributed by atoms with Gasteiger partial charge in [0.15, 0.2) is 0 Å². The second kappa shape index (κ2) is 20.5. The first-order valence-corrected chi connectivity index (χ1v) is 16.6. The summed E-state index contributed by atoms with van der Waals surface area (Å²) in [6.07, 6.45) is -8.40. The van der Waals surface area contributed by atoms with Crippen molar-refractivity contribution < 1.29 is 78.7 Å². The van der Waals surface area contributed by atoms with Gasteiger partial charge in [-0.15, -0.1) is 0 Å². The third-order valence-electron chi connectivity index (χ3n) is 8.37. The number of carboxylic acids is 3. The number of aryl methyl sites for hydroxylation is 1. The van der Waals surface area contributed by atoms with E-state index in [1.165, 1.54) is 0 Å². The summed E-state index contributed by atoms with van der Waals surface area (Å²) in [6.45, 7) is 5.71. The highest BCUT2D eigenvalue weighted by Crippen LogP contribution is 2.40. The summed E-state index contributed by atoms with van der Waals surface area (Å²) in [7, 11) is 1.90. The van der Waals surface area contributed by atoms with Crippen LogP contribution in [0.3, 0.4) is 0 Å². The fourth-order valence-corrected chi connectivity index (χ4v) is 5.42. The molecular formula is C35H39F9N6O8. The lowest BCUT2D eigenvalue weighted by molar-refractivity contribution is -0.193. The highest BCUT2D eigenvalue weighted by Gasteiger charge is 2.43. The van der Waals surface area contributed by atoms with E-state index in [1.54, 1.807) is 18.6 Å². The average molecular weight is 843 g/mol. The van der Waals surface area contributed by atoms with Gasteiger partial charge >= 0.3 is 36.4 Å². The molecule has 4 rings (SSSR count). The lowest BCUT2D eigenvalue weighted by Crippen LogP contribution is -2.47. The van der Waals surface area contributed by atoms with Crippen LogP contribution in [0.25, 0.3) is 0 Å². The standard InChI is InChI=1S/C29H36N6O2.3C2HF3O2/c1-4-29(12-5-6-14-35(15-13-30)27(29)36)23-8-7-9-24(16-23)37-25-17-22(11-10-21(25)18-31)28(2,32)26-19-33-20-34(26)3;3*3-2(4,5)1(6)7/h7-11,16-17,19-20H,4-6,12-15,30,32H2,1-3H3;3*(H,6,7). The van der Waals surface area contributed by atoms with E-state index >= 15 is 0 Å². The number of ether oxygens (including phenoxy) is 1. The van der Waals surface area contributed by atoms with Crippen LogP contribution in [0.1, 0.15) is 61.9 Å². The fraction of sp³-hybridized carbons (Fsp3) is 0.429. The van der Waals surface area contributed by atoms with Crippen molar-refractivity contribution in [1.29, 1.82) is 5.26 Å². The third-order valence-corrected chi connectivity index (χ3v) is 8.37. The lowest BCUT2D eigenvalue weighted by Gasteiger charge is -2.35. The molecule has 23 heteroatoms. The number of aromatic nitrogens is 2. The van der Waals surface area contributed by atoms with Crippen LogP contribution in [0.2, 0.25) is 0 Å². The number of carbonyl (C=O) groups excluding carboxylic acids is 1. The monoisotopic (exact) mass is 842 g/mol. The molecule has 1 fully saturated rings. The Bertz CT molecular complexity index is 1870. The molecule has 14 nitrogen and oxygen atoms in total. The number of halogens is 9. The van der Waals surface area contributed by atoms with Crippen LogP contribution in [0.4, 0.5) is 39.5 Å². The van der Waals surface area contributed by atoms with E-state index in [9.17, 15) is 49.6 Å². The number of alkyl halides is 9. The average Bonchev–Trinajstić information content (AvgIpc) is 3.50. The maximum Gasteiger partial charge on any atom is 0.490 e. The molecule has 2 heterocycles. The Morgan fingerprint density at radius 1 is 0.931 bits per heavy atom. The van der Waals surface area contributed by atoms with E-state index in [1.807, 2.05) is 59.8 Å². The SMILES string of the molecule is CCC1(c2cccc(Oc3cc(C(C)(N)c4cncn4C)ccc3C#N)c2)CCCCN(CCN)C1=O.O=C(O)C(F)(F)F.O=C(O)C(F)(F)F.O=C(O)C(F)(F)F. The predicted octanol–water partition coefficient (Wildman–Crippen LogP) is 5.83. The largest absolute Gasteiger partial charge is 0.490 e. The molecule has 1 aromatic heterocycles. The number of nitrogens with two attached hydrogens (primary N) is 2. The minimum atomic E-state index is -5.08. The molecule has 2 unspecified atom stereocenters. The molecule has 2 atom stereocenters. The van der Waals surface area contributed by atoms with Crippen molar-refractivity contribution in [2.75, 3.05) is 19.6 Å². The van der Waals surface area contributed by atoms with Gasteiger partial charge in [0, 0.05) is 26.7 Å².